The highest BCUT2D eigenvalue weighted by Crippen LogP contribution is 2.32. The van der Waals surface area contributed by atoms with Crippen LogP contribution < -0.4 is 11.1 Å². The van der Waals surface area contributed by atoms with Gasteiger partial charge in [-0.25, -0.2) is 0 Å². The van der Waals surface area contributed by atoms with Crippen LogP contribution in [-0.4, -0.2) is 28.6 Å². The fourth-order valence-corrected chi connectivity index (χ4v) is 2.26. The van der Waals surface area contributed by atoms with Crippen LogP contribution in [0.5, 0.6) is 0 Å². The second-order valence-electron chi connectivity index (χ2n) is 5.46. The second-order valence-corrected chi connectivity index (χ2v) is 5.46. The number of rotatable bonds is 9. The molecule has 0 bridgehead atoms. The highest BCUT2D eigenvalue weighted by Gasteiger charge is 2.30. The summed E-state index contributed by atoms with van der Waals surface area (Å²) in [5.74, 6) is 2.04. The van der Waals surface area contributed by atoms with Gasteiger partial charge in [0.15, 0.2) is 5.82 Å². The average Bonchev–Trinajstić information content (AvgIpc) is 3.18. The third-order valence-electron chi connectivity index (χ3n) is 3.57. The molecular weight excluding hydrogens is 256 g/mol. The molecule has 1 aliphatic rings. The molecule has 1 heterocycles. The van der Waals surface area contributed by atoms with E-state index < -0.39 is 0 Å². The van der Waals surface area contributed by atoms with Crippen molar-refractivity contribution in [3.05, 3.63) is 11.7 Å². The van der Waals surface area contributed by atoms with Gasteiger partial charge in [-0.05, 0) is 31.6 Å². The monoisotopic (exact) mass is 280 g/mol. The molecule has 0 radical (unpaired) electrons. The van der Waals surface area contributed by atoms with Crippen LogP contribution in [0.4, 0.5) is 0 Å². The van der Waals surface area contributed by atoms with Crippen molar-refractivity contribution in [1.82, 2.24) is 15.5 Å². The summed E-state index contributed by atoms with van der Waals surface area (Å²) in [5.41, 5.74) is 5.66. The van der Waals surface area contributed by atoms with Crippen LogP contribution in [0, 0.1) is 5.92 Å². The number of aromatic nitrogens is 2. The Labute approximate surface area is 119 Å². The fourth-order valence-electron chi connectivity index (χ4n) is 2.26. The number of carbonyl (C=O) groups excluding carboxylic acids is 1. The quantitative estimate of drug-likeness (QED) is 0.709. The van der Waals surface area contributed by atoms with Gasteiger partial charge in [0.1, 0.15) is 0 Å². The molecule has 0 saturated heterocycles. The minimum atomic E-state index is 0.0700. The van der Waals surface area contributed by atoms with Gasteiger partial charge in [-0.3, -0.25) is 4.79 Å². The molecule has 1 aromatic rings. The van der Waals surface area contributed by atoms with E-state index in [4.69, 9.17) is 10.3 Å². The van der Waals surface area contributed by atoms with Crippen molar-refractivity contribution in [2.45, 2.75) is 57.9 Å². The Morgan fingerprint density at radius 1 is 1.50 bits per heavy atom. The number of carbonyl (C=O) groups is 1. The Kier molecular flexibility index (Phi) is 5.52. The summed E-state index contributed by atoms with van der Waals surface area (Å²) in [7, 11) is 0. The first-order valence-corrected chi connectivity index (χ1v) is 7.53. The SMILES string of the molecule is CCCc1noc(CCCC(=O)NC(CN)C2CC2)n1. The fraction of sp³-hybridized carbons (Fsp3) is 0.786. The molecule has 112 valence electrons. The van der Waals surface area contributed by atoms with Gasteiger partial charge < -0.3 is 15.6 Å². The Hall–Kier alpha value is -1.43. The molecule has 1 atom stereocenters. The first-order valence-electron chi connectivity index (χ1n) is 7.53. The molecule has 1 amide bonds. The third kappa shape index (κ3) is 4.59. The van der Waals surface area contributed by atoms with Gasteiger partial charge >= 0.3 is 0 Å². The molecule has 0 spiro atoms. The summed E-state index contributed by atoms with van der Waals surface area (Å²) in [6.45, 7) is 2.61. The van der Waals surface area contributed by atoms with Crippen molar-refractivity contribution in [2.75, 3.05) is 6.54 Å². The van der Waals surface area contributed by atoms with Crippen LogP contribution in [0.2, 0.25) is 0 Å². The van der Waals surface area contributed by atoms with Gasteiger partial charge in [-0.2, -0.15) is 4.98 Å². The van der Waals surface area contributed by atoms with Gasteiger partial charge in [0.25, 0.3) is 0 Å². The van der Waals surface area contributed by atoms with Gasteiger partial charge in [-0.15, -0.1) is 0 Å². The molecule has 1 fully saturated rings. The lowest BCUT2D eigenvalue weighted by atomic mass is 10.1. The zero-order chi connectivity index (χ0) is 14.4. The lowest BCUT2D eigenvalue weighted by Gasteiger charge is -2.15. The van der Waals surface area contributed by atoms with Crippen LogP contribution in [-0.2, 0) is 17.6 Å². The van der Waals surface area contributed by atoms with Crippen molar-refractivity contribution >= 4 is 5.91 Å². The molecule has 1 aromatic heterocycles. The summed E-state index contributed by atoms with van der Waals surface area (Å²) in [6, 6.07) is 0.155. The standard InChI is InChI=1S/C14H24N4O2/c1-2-4-12-17-14(20-18-12)6-3-5-13(19)16-11(9-15)10-7-8-10/h10-11H,2-9,15H2,1H3,(H,16,19). The van der Waals surface area contributed by atoms with Crippen molar-refractivity contribution < 1.29 is 9.32 Å². The molecule has 2 rings (SSSR count). The summed E-state index contributed by atoms with van der Waals surface area (Å²) < 4.78 is 5.14. The number of aryl methyl sites for hydroxylation is 2. The van der Waals surface area contributed by atoms with Crippen molar-refractivity contribution in [2.24, 2.45) is 11.7 Å². The Balaban J connectivity index is 1.65. The van der Waals surface area contributed by atoms with E-state index in [0.717, 1.165) is 25.1 Å². The Morgan fingerprint density at radius 3 is 2.95 bits per heavy atom. The normalized spacial score (nSPS) is 16.1. The smallest absolute Gasteiger partial charge is 0.226 e. The molecule has 20 heavy (non-hydrogen) atoms. The molecule has 6 heteroatoms. The predicted octanol–water partition coefficient (Wildman–Crippen LogP) is 1.20. The zero-order valence-electron chi connectivity index (χ0n) is 12.1. The van der Waals surface area contributed by atoms with E-state index in [9.17, 15) is 4.79 Å². The molecule has 0 aliphatic heterocycles. The highest BCUT2D eigenvalue weighted by atomic mass is 16.5. The maximum Gasteiger partial charge on any atom is 0.226 e. The number of hydrogen-bond donors (Lipinski definition) is 2. The molecule has 1 unspecified atom stereocenters. The molecule has 3 N–H and O–H groups in total. The molecule has 1 saturated carbocycles. The van der Waals surface area contributed by atoms with E-state index >= 15 is 0 Å². The molecule has 6 nitrogen and oxygen atoms in total. The zero-order valence-corrected chi connectivity index (χ0v) is 12.1. The molecule has 0 aromatic carbocycles. The number of nitrogens with two attached hydrogens (primary N) is 1. The van der Waals surface area contributed by atoms with Gasteiger partial charge in [0, 0.05) is 31.8 Å². The van der Waals surface area contributed by atoms with Crippen LogP contribution in [0.15, 0.2) is 4.52 Å². The van der Waals surface area contributed by atoms with Gasteiger partial charge in [-0.1, -0.05) is 12.1 Å². The predicted molar refractivity (Wildman–Crippen MR) is 74.9 cm³/mol. The number of nitrogens with one attached hydrogen (secondary N) is 1. The van der Waals surface area contributed by atoms with Gasteiger partial charge in [0.2, 0.25) is 11.8 Å². The second kappa shape index (κ2) is 7.38. The lowest BCUT2D eigenvalue weighted by Crippen LogP contribution is -2.41. The first-order chi connectivity index (χ1) is 9.72. The van der Waals surface area contributed by atoms with Crippen LogP contribution in [0.25, 0.3) is 0 Å². The Bertz CT molecular complexity index is 429. The van der Waals surface area contributed by atoms with E-state index in [0.29, 0.717) is 31.2 Å². The van der Waals surface area contributed by atoms with Crippen LogP contribution >= 0.6 is 0 Å². The van der Waals surface area contributed by atoms with E-state index in [1.165, 1.54) is 12.8 Å². The summed E-state index contributed by atoms with van der Waals surface area (Å²) >= 11 is 0. The summed E-state index contributed by atoms with van der Waals surface area (Å²) in [4.78, 5) is 16.1. The summed E-state index contributed by atoms with van der Waals surface area (Å²) in [6.07, 6.45) is 6.07. The molecular formula is C14H24N4O2. The maximum absolute atomic E-state index is 11.8. The van der Waals surface area contributed by atoms with E-state index in [2.05, 4.69) is 22.4 Å². The van der Waals surface area contributed by atoms with Crippen molar-refractivity contribution in [1.29, 1.82) is 0 Å². The molecule has 1 aliphatic carbocycles. The number of amides is 1. The minimum Gasteiger partial charge on any atom is -0.352 e. The van der Waals surface area contributed by atoms with Crippen molar-refractivity contribution in [3.8, 4) is 0 Å². The minimum absolute atomic E-state index is 0.0700. The van der Waals surface area contributed by atoms with Crippen LogP contribution in [0.1, 0.15) is 50.7 Å². The van der Waals surface area contributed by atoms with Crippen molar-refractivity contribution in [3.63, 3.8) is 0 Å². The third-order valence-corrected chi connectivity index (χ3v) is 3.57. The summed E-state index contributed by atoms with van der Waals surface area (Å²) in [5, 5.41) is 6.90. The Morgan fingerprint density at radius 2 is 2.30 bits per heavy atom. The topological polar surface area (TPSA) is 94.0 Å². The first kappa shape index (κ1) is 15.0. The largest absolute Gasteiger partial charge is 0.352 e. The number of hydrogen-bond acceptors (Lipinski definition) is 5. The van der Waals surface area contributed by atoms with E-state index in [-0.39, 0.29) is 11.9 Å². The lowest BCUT2D eigenvalue weighted by molar-refractivity contribution is -0.122. The van der Waals surface area contributed by atoms with E-state index in [1.807, 2.05) is 0 Å². The van der Waals surface area contributed by atoms with Crippen LogP contribution in [0.3, 0.4) is 0 Å². The average molecular weight is 280 g/mol. The highest BCUT2D eigenvalue weighted by molar-refractivity contribution is 5.76. The van der Waals surface area contributed by atoms with Gasteiger partial charge in [0.05, 0.1) is 0 Å². The number of nitrogens with zero attached hydrogens (tertiary/aromatic N) is 2. The maximum atomic E-state index is 11.8. The van der Waals surface area contributed by atoms with E-state index in [1.54, 1.807) is 0 Å².